The lowest BCUT2D eigenvalue weighted by atomic mass is 9.97. The molecule has 1 N–H and O–H groups in total. The van der Waals surface area contributed by atoms with Gasteiger partial charge in [-0.15, -0.1) is 11.3 Å². The third-order valence-corrected chi connectivity index (χ3v) is 5.72. The van der Waals surface area contributed by atoms with Crippen LogP contribution in [0.1, 0.15) is 41.5 Å². The molecule has 0 atom stereocenters. The summed E-state index contributed by atoms with van der Waals surface area (Å²) in [6.07, 6.45) is 9.64. The van der Waals surface area contributed by atoms with E-state index in [9.17, 15) is 0 Å². The Labute approximate surface area is 139 Å². The minimum absolute atomic E-state index is 0.758. The topological polar surface area (TPSA) is 55.6 Å². The van der Waals surface area contributed by atoms with Crippen LogP contribution in [-0.4, -0.2) is 19.7 Å². The van der Waals surface area contributed by atoms with Crippen LogP contribution in [0, 0.1) is 0 Å². The number of hydrogen-bond donors (Lipinski definition) is 1. The van der Waals surface area contributed by atoms with Gasteiger partial charge in [-0.05, 0) is 37.7 Å². The van der Waals surface area contributed by atoms with Gasteiger partial charge in [0.2, 0.25) is 0 Å². The highest BCUT2D eigenvalue weighted by Gasteiger charge is 2.19. The van der Waals surface area contributed by atoms with E-state index in [1.807, 2.05) is 23.1 Å². The first-order valence-corrected chi connectivity index (χ1v) is 9.08. The molecule has 3 aromatic heterocycles. The maximum absolute atomic E-state index is 4.52. The normalized spacial score (nSPS) is 14.2. The molecule has 5 nitrogen and oxygen atoms in total. The highest BCUT2D eigenvalue weighted by atomic mass is 32.1. The highest BCUT2D eigenvalue weighted by molar-refractivity contribution is 7.19. The number of aromatic nitrogens is 4. The van der Waals surface area contributed by atoms with E-state index in [4.69, 9.17) is 0 Å². The monoisotopic (exact) mass is 327 g/mol. The van der Waals surface area contributed by atoms with Crippen molar-refractivity contribution in [3.63, 3.8) is 0 Å². The number of rotatable bonds is 4. The minimum atomic E-state index is 0.758. The zero-order valence-electron chi connectivity index (χ0n) is 13.6. The molecule has 1 aliphatic carbocycles. The number of aryl methyl sites for hydroxylation is 4. The van der Waals surface area contributed by atoms with Gasteiger partial charge in [-0.3, -0.25) is 4.68 Å². The maximum Gasteiger partial charge on any atom is 0.138 e. The van der Waals surface area contributed by atoms with E-state index in [1.165, 1.54) is 40.7 Å². The largest absolute Gasteiger partial charge is 0.365 e. The Morgan fingerprint density at radius 2 is 2.13 bits per heavy atom. The lowest BCUT2D eigenvalue weighted by molar-refractivity contribution is 0.700. The Morgan fingerprint density at radius 1 is 1.26 bits per heavy atom. The second-order valence-corrected chi connectivity index (χ2v) is 7.18. The predicted octanol–water partition coefficient (Wildman–Crippen LogP) is 3.48. The van der Waals surface area contributed by atoms with Crippen molar-refractivity contribution in [2.24, 2.45) is 7.05 Å². The second-order valence-electron chi connectivity index (χ2n) is 6.10. The Hall–Kier alpha value is -1.95. The lowest BCUT2D eigenvalue weighted by Crippen LogP contribution is -2.05. The van der Waals surface area contributed by atoms with Gasteiger partial charge in [-0.1, -0.05) is 6.92 Å². The van der Waals surface area contributed by atoms with E-state index in [1.54, 1.807) is 6.33 Å². The standard InChI is InChI=1S/C17H21N5S/c1-3-13-11(9-22(2)21-13)8-18-16-15-12-6-4-5-7-14(12)23-17(15)20-10-19-16/h9-10H,3-8H2,1-2H3,(H,18,19,20). The van der Waals surface area contributed by atoms with Crippen LogP contribution in [0.15, 0.2) is 12.5 Å². The first-order chi connectivity index (χ1) is 11.3. The molecule has 0 unspecified atom stereocenters. The Morgan fingerprint density at radius 3 is 3.00 bits per heavy atom. The SMILES string of the molecule is CCc1nn(C)cc1CNc1ncnc2sc3c(c12)CCCC3. The van der Waals surface area contributed by atoms with Crippen LogP contribution in [-0.2, 0) is 32.9 Å². The molecule has 0 aromatic carbocycles. The molecule has 3 aromatic rings. The number of thiophene rings is 1. The van der Waals surface area contributed by atoms with E-state index in [0.717, 1.165) is 35.7 Å². The third kappa shape index (κ3) is 2.61. The van der Waals surface area contributed by atoms with Crippen molar-refractivity contribution in [3.8, 4) is 0 Å². The minimum Gasteiger partial charge on any atom is -0.365 e. The molecule has 0 aliphatic heterocycles. The predicted molar refractivity (Wildman–Crippen MR) is 94.0 cm³/mol. The maximum atomic E-state index is 4.52. The number of anilines is 1. The molecule has 23 heavy (non-hydrogen) atoms. The molecule has 0 saturated heterocycles. The summed E-state index contributed by atoms with van der Waals surface area (Å²) in [4.78, 5) is 11.6. The molecule has 0 radical (unpaired) electrons. The van der Waals surface area contributed by atoms with Gasteiger partial charge in [0.05, 0.1) is 11.1 Å². The van der Waals surface area contributed by atoms with E-state index < -0.39 is 0 Å². The van der Waals surface area contributed by atoms with Crippen molar-refractivity contribution in [1.82, 2.24) is 19.7 Å². The molecule has 3 heterocycles. The first-order valence-electron chi connectivity index (χ1n) is 8.26. The fourth-order valence-electron chi connectivity index (χ4n) is 3.43. The van der Waals surface area contributed by atoms with Crippen LogP contribution < -0.4 is 5.32 Å². The van der Waals surface area contributed by atoms with Gasteiger partial charge in [0.15, 0.2) is 0 Å². The van der Waals surface area contributed by atoms with Crippen LogP contribution in [0.25, 0.3) is 10.2 Å². The van der Waals surface area contributed by atoms with Gasteiger partial charge >= 0.3 is 0 Å². The second kappa shape index (κ2) is 5.92. The van der Waals surface area contributed by atoms with Crippen LogP contribution in [0.5, 0.6) is 0 Å². The van der Waals surface area contributed by atoms with E-state index in [2.05, 4.69) is 33.5 Å². The van der Waals surface area contributed by atoms with Crippen molar-refractivity contribution >= 4 is 27.4 Å². The van der Waals surface area contributed by atoms with Crippen molar-refractivity contribution in [2.45, 2.75) is 45.6 Å². The molecule has 0 bridgehead atoms. The van der Waals surface area contributed by atoms with E-state index in [0.29, 0.717) is 0 Å². The third-order valence-electron chi connectivity index (χ3n) is 4.52. The number of nitrogens with one attached hydrogen (secondary N) is 1. The van der Waals surface area contributed by atoms with E-state index in [-0.39, 0.29) is 0 Å². The fourth-order valence-corrected chi connectivity index (χ4v) is 4.66. The summed E-state index contributed by atoms with van der Waals surface area (Å²) in [5, 5.41) is 9.28. The summed E-state index contributed by atoms with van der Waals surface area (Å²) in [5.41, 5.74) is 3.87. The van der Waals surface area contributed by atoms with E-state index >= 15 is 0 Å². The van der Waals surface area contributed by atoms with Crippen LogP contribution in [0.4, 0.5) is 5.82 Å². The molecular formula is C17H21N5S. The number of hydrogen-bond acceptors (Lipinski definition) is 5. The van der Waals surface area contributed by atoms with Gasteiger partial charge in [-0.25, -0.2) is 9.97 Å². The summed E-state index contributed by atoms with van der Waals surface area (Å²) in [6, 6.07) is 0. The molecule has 6 heteroatoms. The summed E-state index contributed by atoms with van der Waals surface area (Å²) in [7, 11) is 1.97. The summed E-state index contributed by atoms with van der Waals surface area (Å²) in [6.45, 7) is 2.90. The zero-order valence-corrected chi connectivity index (χ0v) is 14.4. The van der Waals surface area contributed by atoms with Crippen molar-refractivity contribution in [1.29, 1.82) is 0 Å². The quantitative estimate of drug-likeness (QED) is 0.797. The van der Waals surface area contributed by atoms with Gasteiger partial charge < -0.3 is 5.32 Å². The Balaban J connectivity index is 1.67. The smallest absolute Gasteiger partial charge is 0.138 e. The molecule has 0 spiro atoms. The lowest BCUT2D eigenvalue weighted by Gasteiger charge is -2.12. The molecule has 0 fully saturated rings. The van der Waals surface area contributed by atoms with Crippen LogP contribution in [0.2, 0.25) is 0 Å². The average molecular weight is 327 g/mol. The Bertz CT molecular complexity index is 848. The number of nitrogens with zero attached hydrogens (tertiary/aromatic N) is 4. The van der Waals surface area contributed by atoms with Crippen molar-refractivity contribution in [2.75, 3.05) is 5.32 Å². The van der Waals surface area contributed by atoms with Crippen LogP contribution >= 0.6 is 11.3 Å². The van der Waals surface area contributed by atoms with Gasteiger partial charge in [0.1, 0.15) is 17.0 Å². The summed E-state index contributed by atoms with van der Waals surface area (Å²) < 4.78 is 1.89. The van der Waals surface area contributed by atoms with Gasteiger partial charge in [0, 0.05) is 30.2 Å². The zero-order chi connectivity index (χ0) is 15.8. The summed E-state index contributed by atoms with van der Waals surface area (Å²) >= 11 is 1.84. The summed E-state index contributed by atoms with van der Waals surface area (Å²) in [5.74, 6) is 0.973. The van der Waals surface area contributed by atoms with Crippen molar-refractivity contribution in [3.05, 3.63) is 34.2 Å². The molecule has 0 saturated carbocycles. The molecule has 1 aliphatic rings. The Kier molecular flexibility index (Phi) is 3.77. The molecule has 4 rings (SSSR count). The highest BCUT2D eigenvalue weighted by Crippen LogP contribution is 2.38. The fraction of sp³-hybridized carbons (Fsp3) is 0.471. The van der Waals surface area contributed by atoms with Gasteiger partial charge in [0.25, 0.3) is 0 Å². The van der Waals surface area contributed by atoms with Crippen molar-refractivity contribution < 1.29 is 0 Å². The van der Waals surface area contributed by atoms with Crippen LogP contribution in [0.3, 0.4) is 0 Å². The molecule has 0 amide bonds. The number of fused-ring (bicyclic) bond motifs is 3. The molecular weight excluding hydrogens is 306 g/mol. The first kappa shape index (κ1) is 14.6. The van der Waals surface area contributed by atoms with Gasteiger partial charge in [-0.2, -0.15) is 5.10 Å². The molecule has 120 valence electrons. The average Bonchev–Trinajstić information content (AvgIpc) is 3.12.